The molecule has 0 bridgehead atoms. The number of nitrogens with zero attached hydrogens (tertiary/aromatic N) is 2. The van der Waals surface area contributed by atoms with Gasteiger partial charge >= 0.3 is 0 Å². The van der Waals surface area contributed by atoms with Gasteiger partial charge in [0.05, 0.1) is 0 Å². The molecule has 0 atom stereocenters. The van der Waals surface area contributed by atoms with Crippen LogP contribution in [0.3, 0.4) is 0 Å². The zero-order valence-electron chi connectivity index (χ0n) is 12.7. The lowest BCUT2D eigenvalue weighted by Crippen LogP contribution is -2.32. The molecule has 1 aromatic heterocycles. The first-order valence-electron chi connectivity index (χ1n) is 7.50. The van der Waals surface area contributed by atoms with Gasteiger partial charge < -0.3 is 5.73 Å². The van der Waals surface area contributed by atoms with E-state index in [4.69, 9.17) is 5.73 Å². The maximum atomic E-state index is 13.9. The molecule has 0 unspecified atom stereocenters. The zero-order valence-corrected chi connectivity index (χ0v) is 14.3. The maximum absolute atomic E-state index is 13.9. The monoisotopic (exact) mass is 359 g/mol. The molecule has 126 valence electrons. The van der Waals surface area contributed by atoms with Crippen molar-refractivity contribution in [3.63, 3.8) is 0 Å². The van der Waals surface area contributed by atoms with E-state index in [9.17, 15) is 8.78 Å². The summed E-state index contributed by atoms with van der Waals surface area (Å²) >= 11 is 1.43. The predicted molar refractivity (Wildman–Crippen MR) is 91.6 cm³/mol. The molecule has 1 heterocycles. The van der Waals surface area contributed by atoms with Crippen LogP contribution in [0, 0.1) is 11.6 Å². The molecule has 2 N–H and O–H groups in total. The molecule has 0 saturated heterocycles. The second-order valence-corrected chi connectivity index (χ2v) is 6.86. The largest absolute Gasteiger partial charge is 0.375 e. The molecule has 2 aromatic rings. The number of hydrogen-bond acceptors (Lipinski definition) is 4. The van der Waals surface area contributed by atoms with Gasteiger partial charge in [0.2, 0.25) is 0 Å². The van der Waals surface area contributed by atoms with Crippen LogP contribution < -0.4 is 5.73 Å². The number of benzene rings is 1. The smallest absolute Gasteiger partial charge is 0.180 e. The number of nitrogen functional groups attached to an aromatic ring is 1. The van der Waals surface area contributed by atoms with Gasteiger partial charge in [-0.1, -0.05) is 18.9 Å². The summed E-state index contributed by atoms with van der Waals surface area (Å²) in [6.45, 7) is 0.911. The highest BCUT2D eigenvalue weighted by molar-refractivity contribution is 7.15. The van der Waals surface area contributed by atoms with E-state index < -0.39 is 11.6 Å². The van der Waals surface area contributed by atoms with Gasteiger partial charge in [-0.25, -0.2) is 13.8 Å². The van der Waals surface area contributed by atoms with E-state index in [1.165, 1.54) is 42.4 Å². The van der Waals surface area contributed by atoms with Gasteiger partial charge in [-0.3, -0.25) is 4.90 Å². The Bertz CT molecular complexity index is 624. The Morgan fingerprint density at radius 1 is 1.17 bits per heavy atom. The van der Waals surface area contributed by atoms with Crippen LogP contribution >= 0.6 is 23.7 Å². The van der Waals surface area contributed by atoms with E-state index in [-0.39, 0.29) is 24.5 Å². The molecule has 0 radical (unpaired) electrons. The molecule has 1 saturated carbocycles. The van der Waals surface area contributed by atoms with Crippen molar-refractivity contribution in [2.45, 2.75) is 44.8 Å². The minimum absolute atomic E-state index is 0. The van der Waals surface area contributed by atoms with Crippen LogP contribution in [0.4, 0.5) is 13.9 Å². The summed E-state index contributed by atoms with van der Waals surface area (Å²) in [5.41, 5.74) is 5.82. The fourth-order valence-corrected chi connectivity index (χ4v) is 3.78. The van der Waals surface area contributed by atoms with Gasteiger partial charge in [0.1, 0.15) is 11.6 Å². The summed E-state index contributed by atoms with van der Waals surface area (Å²) in [6.07, 6.45) is 6.24. The lowest BCUT2D eigenvalue weighted by atomic mass is 10.1. The summed E-state index contributed by atoms with van der Waals surface area (Å²) < 4.78 is 27.9. The second kappa shape index (κ2) is 8.04. The molecule has 3 rings (SSSR count). The Balaban J connectivity index is 0.00000192. The van der Waals surface area contributed by atoms with Gasteiger partial charge in [-0.05, 0) is 25.0 Å². The van der Waals surface area contributed by atoms with E-state index in [1.807, 2.05) is 0 Å². The average molecular weight is 360 g/mol. The van der Waals surface area contributed by atoms with Crippen molar-refractivity contribution in [1.82, 2.24) is 9.88 Å². The van der Waals surface area contributed by atoms with Gasteiger partial charge in [0.25, 0.3) is 0 Å². The van der Waals surface area contributed by atoms with Crippen molar-refractivity contribution in [3.05, 3.63) is 46.5 Å². The zero-order chi connectivity index (χ0) is 15.5. The molecule has 0 amide bonds. The average Bonchev–Trinajstić information content (AvgIpc) is 3.13. The fourth-order valence-electron chi connectivity index (χ4n) is 3.07. The van der Waals surface area contributed by atoms with E-state index in [0.29, 0.717) is 17.7 Å². The molecular weight excluding hydrogens is 340 g/mol. The number of hydrogen-bond donors (Lipinski definition) is 1. The summed E-state index contributed by atoms with van der Waals surface area (Å²) in [5.74, 6) is -0.960. The molecule has 0 spiro atoms. The lowest BCUT2D eigenvalue weighted by molar-refractivity contribution is 0.177. The number of nitrogens with two attached hydrogens (primary N) is 1. The Morgan fingerprint density at radius 3 is 2.39 bits per heavy atom. The van der Waals surface area contributed by atoms with Crippen molar-refractivity contribution >= 4 is 28.9 Å². The molecule has 23 heavy (non-hydrogen) atoms. The van der Waals surface area contributed by atoms with E-state index in [2.05, 4.69) is 9.88 Å². The van der Waals surface area contributed by atoms with Crippen molar-refractivity contribution in [3.8, 4) is 0 Å². The summed E-state index contributed by atoms with van der Waals surface area (Å²) in [7, 11) is 0. The van der Waals surface area contributed by atoms with Gasteiger partial charge in [-0.15, -0.1) is 23.7 Å². The van der Waals surface area contributed by atoms with Gasteiger partial charge in [0.15, 0.2) is 5.13 Å². The highest BCUT2D eigenvalue weighted by Gasteiger charge is 2.25. The quantitative estimate of drug-likeness (QED) is 0.861. The van der Waals surface area contributed by atoms with Crippen LogP contribution in [0.15, 0.2) is 24.4 Å². The normalized spacial score (nSPS) is 15.1. The number of anilines is 1. The van der Waals surface area contributed by atoms with Crippen LogP contribution in [-0.2, 0) is 13.1 Å². The van der Waals surface area contributed by atoms with Gasteiger partial charge in [0, 0.05) is 35.8 Å². The maximum Gasteiger partial charge on any atom is 0.180 e. The SMILES string of the molecule is Cl.Nc1ncc(CN(Cc2c(F)cccc2F)C2CCCC2)s1. The Kier molecular flexibility index (Phi) is 6.33. The fraction of sp³-hybridized carbons (Fsp3) is 0.438. The van der Waals surface area contributed by atoms with Crippen LogP contribution in [0.1, 0.15) is 36.1 Å². The van der Waals surface area contributed by atoms with Gasteiger partial charge in [-0.2, -0.15) is 0 Å². The number of thiazole rings is 1. The third kappa shape index (κ3) is 4.40. The molecule has 7 heteroatoms. The molecule has 1 aliphatic rings. The molecule has 3 nitrogen and oxygen atoms in total. The van der Waals surface area contributed by atoms with Crippen molar-refractivity contribution in [1.29, 1.82) is 0 Å². The Morgan fingerprint density at radius 2 is 1.83 bits per heavy atom. The first kappa shape index (κ1) is 18.1. The van der Waals surface area contributed by atoms with Crippen LogP contribution in [0.5, 0.6) is 0 Å². The summed E-state index contributed by atoms with van der Waals surface area (Å²) in [5, 5.41) is 0.526. The third-order valence-electron chi connectivity index (χ3n) is 4.19. The predicted octanol–water partition coefficient (Wildman–Crippen LogP) is 4.37. The van der Waals surface area contributed by atoms with E-state index in [0.717, 1.165) is 17.7 Å². The highest BCUT2D eigenvalue weighted by atomic mass is 35.5. The van der Waals surface area contributed by atoms with Crippen LogP contribution in [0.2, 0.25) is 0 Å². The summed E-state index contributed by atoms with van der Waals surface area (Å²) in [6, 6.07) is 4.39. The van der Waals surface area contributed by atoms with Crippen molar-refractivity contribution < 1.29 is 8.78 Å². The first-order chi connectivity index (χ1) is 10.6. The van der Waals surface area contributed by atoms with Crippen LogP contribution in [0.25, 0.3) is 0 Å². The Hall–Kier alpha value is -1.24. The minimum atomic E-state index is -0.480. The number of halogens is 3. The molecular formula is C16H20ClF2N3S. The Labute approximate surface area is 144 Å². The molecule has 1 fully saturated rings. The van der Waals surface area contributed by atoms with Crippen molar-refractivity contribution in [2.75, 3.05) is 5.73 Å². The standard InChI is InChI=1S/C16H19F2N3S.ClH/c17-14-6-3-7-15(18)13(14)10-21(11-4-1-2-5-11)9-12-8-20-16(19)22-12;/h3,6-8,11H,1-2,4-5,9-10H2,(H2,19,20);1H. The molecule has 1 aliphatic carbocycles. The first-order valence-corrected chi connectivity index (χ1v) is 8.32. The second-order valence-electron chi connectivity index (χ2n) is 5.71. The van der Waals surface area contributed by atoms with E-state index >= 15 is 0 Å². The third-order valence-corrected chi connectivity index (χ3v) is 5.01. The number of rotatable bonds is 5. The van der Waals surface area contributed by atoms with E-state index in [1.54, 1.807) is 6.20 Å². The van der Waals surface area contributed by atoms with Crippen molar-refractivity contribution in [2.24, 2.45) is 0 Å². The highest BCUT2D eigenvalue weighted by Crippen LogP contribution is 2.29. The molecule has 0 aliphatic heterocycles. The minimum Gasteiger partial charge on any atom is -0.375 e. The summed E-state index contributed by atoms with van der Waals surface area (Å²) in [4.78, 5) is 7.24. The van der Waals surface area contributed by atoms with Crippen LogP contribution in [-0.4, -0.2) is 15.9 Å². The topological polar surface area (TPSA) is 42.1 Å². The number of aromatic nitrogens is 1. The lowest BCUT2D eigenvalue weighted by Gasteiger charge is -2.28. The molecule has 1 aromatic carbocycles.